The predicted octanol–water partition coefficient (Wildman–Crippen LogP) is 0.701. The van der Waals surface area contributed by atoms with Gasteiger partial charge in [-0.25, -0.2) is 8.42 Å². The fourth-order valence-corrected chi connectivity index (χ4v) is 4.06. The molecule has 0 spiro atoms. The number of rotatable bonds is 2. The van der Waals surface area contributed by atoms with E-state index in [4.69, 9.17) is 4.74 Å². The highest BCUT2D eigenvalue weighted by molar-refractivity contribution is 7.89. The SMILES string of the molecule is O=S(=O)(c1ccc2c(c1)CNC2)N1CCCOCC1. The molecular formula is C13H18N2O3S. The lowest BCUT2D eigenvalue weighted by atomic mass is 10.1. The van der Waals surface area contributed by atoms with E-state index in [2.05, 4.69) is 5.32 Å². The Balaban J connectivity index is 1.90. The van der Waals surface area contributed by atoms with Gasteiger partial charge in [-0.15, -0.1) is 0 Å². The van der Waals surface area contributed by atoms with E-state index in [-0.39, 0.29) is 0 Å². The molecule has 2 aliphatic rings. The minimum atomic E-state index is -3.38. The van der Waals surface area contributed by atoms with Crippen molar-refractivity contribution in [1.29, 1.82) is 0 Å². The summed E-state index contributed by atoms with van der Waals surface area (Å²) in [5.41, 5.74) is 2.28. The molecule has 1 saturated heterocycles. The minimum Gasteiger partial charge on any atom is -0.380 e. The van der Waals surface area contributed by atoms with Gasteiger partial charge in [0.05, 0.1) is 11.5 Å². The fraction of sp³-hybridized carbons (Fsp3) is 0.538. The molecule has 19 heavy (non-hydrogen) atoms. The Hall–Kier alpha value is -0.950. The first-order chi connectivity index (χ1) is 9.18. The van der Waals surface area contributed by atoms with Crippen LogP contribution in [0, 0.1) is 0 Å². The van der Waals surface area contributed by atoms with E-state index >= 15 is 0 Å². The Morgan fingerprint density at radius 3 is 2.84 bits per heavy atom. The van der Waals surface area contributed by atoms with Gasteiger partial charge in [-0.1, -0.05) is 6.07 Å². The molecule has 0 bridgehead atoms. The summed E-state index contributed by atoms with van der Waals surface area (Å²) in [5.74, 6) is 0. The quantitative estimate of drug-likeness (QED) is 0.867. The first-order valence-electron chi connectivity index (χ1n) is 6.58. The van der Waals surface area contributed by atoms with Crippen LogP contribution in [0.15, 0.2) is 23.1 Å². The summed E-state index contributed by atoms with van der Waals surface area (Å²) in [6.45, 7) is 3.68. The van der Waals surface area contributed by atoms with Crippen LogP contribution in [0.3, 0.4) is 0 Å². The van der Waals surface area contributed by atoms with Gasteiger partial charge in [0.1, 0.15) is 0 Å². The molecule has 1 N–H and O–H groups in total. The van der Waals surface area contributed by atoms with Gasteiger partial charge >= 0.3 is 0 Å². The summed E-state index contributed by atoms with van der Waals surface area (Å²) >= 11 is 0. The summed E-state index contributed by atoms with van der Waals surface area (Å²) < 4.78 is 32.0. The Labute approximate surface area is 113 Å². The van der Waals surface area contributed by atoms with Crippen LogP contribution >= 0.6 is 0 Å². The summed E-state index contributed by atoms with van der Waals surface area (Å²) in [7, 11) is -3.38. The summed E-state index contributed by atoms with van der Waals surface area (Å²) in [4.78, 5) is 0.400. The monoisotopic (exact) mass is 282 g/mol. The second-order valence-electron chi connectivity index (χ2n) is 4.90. The molecule has 0 radical (unpaired) electrons. The van der Waals surface area contributed by atoms with Gasteiger partial charge < -0.3 is 10.1 Å². The van der Waals surface area contributed by atoms with E-state index in [1.54, 1.807) is 12.1 Å². The van der Waals surface area contributed by atoms with Crippen LogP contribution in [0.5, 0.6) is 0 Å². The number of nitrogens with one attached hydrogen (secondary N) is 1. The molecule has 2 heterocycles. The fourth-order valence-electron chi connectivity index (χ4n) is 2.54. The van der Waals surface area contributed by atoms with Crippen LogP contribution in [0.25, 0.3) is 0 Å². The number of hydrogen-bond acceptors (Lipinski definition) is 4. The maximum atomic E-state index is 12.6. The van der Waals surface area contributed by atoms with Gasteiger partial charge in [-0.2, -0.15) is 4.31 Å². The second kappa shape index (κ2) is 5.20. The average molecular weight is 282 g/mol. The van der Waals surface area contributed by atoms with Crippen molar-refractivity contribution in [1.82, 2.24) is 9.62 Å². The van der Waals surface area contributed by atoms with E-state index in [0.29, 0.717) is 31.2 Å². The van der Waals surface area contributed by atoms with E-state index in [1.165, 1.54) is 9.87 Å². The summed E-state index contributed by atoms with van der Waals surface area (Å²) in [6.07, 6.45) is 0.756. The smallest absolute Gasteiger partial charge is 0.243 e. The van der Waals surface area contributed by atoms with Crippen molar-refractivity contribution in [3.63, 3.8) is 0 Å². The molecule has 104 valence electrons. The zero-order chi connectivity index (χ0) is 13.3. The van der Waals surface area contributed by atoms with Gasteiger partial charge in [0.25, 0.3) is 0 Å². The number of fused-ring (bicyclic) bond motifs is 1. The molecule has 1 fully saturated rings. The summed E-state index contributed by atoms with van der Waals surface area (Å²) in [6, 6.07) is 5.43. The number of nitrogens with zero attached hydrogens (tertiary/aromatic N) is 1. The van der Waals surface area contributed by atoms with E-state index < -0.39 is 10.0 Å². The molecule has 1 aromatic rings. The zero-order valence-electron chi connectivity index (χ0n) is 10.8. The molecule has 0 aliphatic carbocycles. The third-order valence-corrected chi connectivity index (χ3v) is 5.52. The number of sulfonamides is 1. The number of ether oxygens (including phenoxy) is 1. The van der Waals surface area contributed by atoms with Crippen molar-refractivity contribution < 1.29 is 13.2 Å². The van der Waals surface area contributed by atoms with E-state index in [1.807, 2.05) is 6.07 Å². The number of hydrogen-bond donors (Lipinski definition) is 1. The van der Waals surface area contributed by atoms with Crippen molar-refractivity contribution >= 4 is 10.0 Å². The van der Waals surface area contributed by atoms with Crippen molar-refractivity contribution in [3.8, 4) is 0 Å². The first kappa shape index (κ1) is 13.1. The lowest BCUT2D eigenvalue weighted by Gasteiger charge is -2.19. The number of benzene rings is 1. The topological polar surface area (TPSA) is 58.6 Å². The Kier molecular flexibility index (Phi) is 3.58. The molecule has 0 atom stereocenters. The molecule has 6 heteroatoms. The van der Waals surface area contributed by atoms with Gasteiger partial charge in [0.15, 0.2) is 0 Å². The van der Waals surface area contributed by atoms with Gasteiger partial charge in [-0.05, 0) is 29.7 Å². The van der Waals surface area contributed by atoms with Crippen molar-refractivity contribution in [3.05, 3.63) is 29.3 Å². The molecule has 0 unspecified atom stereocenters. The van der Waals surface area contributed by atoms with Crippen molar-refractivity contribution in [2.24, 2.45) is 0 Å². The van der Waals surface area contributed by atoms with Crippen LogP contribution in [0.4, 0.5) is 0 Å². The Morgan fingerprint density at radius 2 is 1.95 bits per heavy atom. The molecule has 0 aromatic heterocycles. The molecule has 3 rings (SSSR count). The van der Waals surface area contributed by atoms with Gasteiger partial charge in [-0.3, -0.25) is 0 Å². The molecular weight excluding hydrogens is 264 g/mol. The highest BCUT2D eigenvalue weighted by Crippen LogP contribution is 2.23. The maximum Gasteiger partial charge on any atom is 0.243 e. The minimum absolute atomic E-state index is 0.400. The molecule has 1 aromatic carbocycles. The van der Waals surface area contributed by atoms with Crippen LogP contribution in [-0.4, -0.2) is 39.0 Å². The third-order valence-electron chi connectivity index (χ3n) is 3.63. The van der Waals surface area contributed by atoms with Gasteiger partial charge in [0.2, 0.25) is 10.0 Å². The van der Waals surface area contributed by atoms with Crippen molar-refractivity contribution in [2.75, 3.05) is 26.3 Å². The summed E-state index contributed by atoms with van der Waals surface area (Å²) in [5, 5.41) is 3.23. The molecule has 0 saturated carbocycles. The van der Waals surface area contributed by atoms with E-state index in [0.717, 1.165) is 25.1 Å². The standard InChI is InChI=1S/C13H18N2O3S/c16-19(17,15-4-1-6-18-7-5-15)13-3-2-11-9-14-10-12(11)8-13/h2-3,8,14H,1,4-7,9-10H2. The lowest BCUT2D eigenvalue weighted by Crippen LogP contribution is -2.33. The second-order valence-corrected chi connectivity index (χ2v) is 6.84. The van der Waals surface area contributed by atoms with Gasteiger partial charge in [0, 0.05) is 32.8 Å². The molecule has 2 aliphatic heterocycles. The molecule has 0 amide bonds. The van der Waals surface area contributed by atoms with Crippen LogP contribution in [0.2, 0.25) is 0 Å². The largest absolute Gasteiger partial charge is 0.380 e. The predicted molar refractivity (Wildman–Crippen MR) is 71.2 cm³/mol. The van der Waals surface area contributed by atoms with Crippen molar-refractivity contribution in [2.45, 2.75) is 24.4 Å². The highest BCUT2D eigenvalue weighted by Gasteiger charge is 2.26. The third kappa shape index (κ3) is 2.53. The first-order valence-corrected chi connectivity index (χ1v) is 8.02. The highest BCUT2D eigenvalue weighted by atomic mass is 32.2. The van der Waals surface area contributed by atoms with Crippen LogP contribution in [0.1, 0.15) is 17.5 Å². The lowest BCUT2D eigenvalue weighted by molar-refractivity contribution is 0.148. The maximum absolute atomic E-state index is 12.6. The van der Waals surface area contributed by atoms with Crippen LogP contribution < -0.4 is 5.32 Å². The molecule has 5 nitrogen and oxygen atoms in total. The Bertz CT molecular complexity index is 563. The normalized spacial score (nSPS) is 21.1. The Morgan fingerprint density at radius 1 is 1.11 bits per heavy atom. The van der Waals surface area contributed by atoms with E-state index in [9.17, 15) is 8.42 Å². The van der Waals surface area contributed by atoms with Crippen LogP contribution in [-0.2, 0) is 27.8 Å². The average Bonchev–Trinajstić information content (AvgIpc) is 2.69. The zero-order valence-corrected chi connectivity index (χ0v) is 11.6.